The summed E-state index contributed by atoms with van der Waals surface area (Å²) in [6, 6.07) is 0.242. The average Bonchev–Trinajstić information content (AvgIpc) is 2.30. The molecule has 0 rings (SSSR count). The molecule has 0 aromatic carbocycles. The highest BCUT2D eigenvalue weighted by Crippen LogP contribution is 2.11. The highest BCUT2D eigenvalue weighted by Gasteiger charge is 2.05. The summed E-state index contributed by atoms with van der Waals surface area (Å²) in [6.07, 6.45) is 8.73. The molecule has 1 N–H and O–H groups in total. The summed E-state index contributed by atoms with van der Waals surface area (Å²) in [6.45, 7) is 8.15. The van der Waals surface area contributed by atoms with Crippen LogP contribution in [-0.4, -0.2) is 17.7 Å². The lowest BCUT2D eigenvalue weighted by molar-refractivity contribution is -0.122. The van der Waals surface area contributed by atoms with Gasteiger partial charge in [0.05, 0.1) is 0 Å². The fraction of sp³-hybridized carbons (Fsp3) is 0.882. The van der Waals surface area contributed by atoms with Crippen LogP contribution in [0.5, 0.6) is 0 Å². The van der Waals surface area contributed by atoms with Gasteiger partial charge in [0.25, 0.3) is 0 Å². The van der Waals surface area contributed by atoms with Crippen LogP contribution in [0, 0.1) is 5.92 Å². The van der Waals surface area contributed by atoms with Crippen LogP contribution >= 0.6 is 0 Å². The number of carbonyl (C=O) groups is 2. The van der Waals surface area contributed by atoms with Crippen molar-refractivity contribution in [1.29, 1.82) is 0 Å². The number of ketones is 1. The highest BCUT2D eigenvalue weighted by atomic mass is 16.1. The summed E-state index contributed by atoms with van der Waals surface area (Å²) in [5.41, 5.74) is 0. The largest absolute Gasteiger partial charge is 0.354 e. The molecule has 0 aliphatic rings. The standard InChI is InChI=1S/C17H33NO2/c1-14(2)13-16(19)11-9-7-5-6-8-10-12-17(20)18-15(3)4/h14-15H,5-13H2,1-4H3,(H,18,20). The van der Waals surface area contributed by atoms with Gasteiger partial charge in [-0.2, -0.15) is 0 Å². The first-order chi connectivity index (χ1) is 9.41. The Morgan fingerprint density at radius 3 is 1.80 bits per heavy atom. The summed E-state index contributed by atoms with van der Waals surface area (Å²) in [5, 5.41) is 2.91. The van der Waals surface area contributed by atoms with Crippen molar-refractivity contribution in [3.63, 3.8) is 0 Å². The third-order valence-corrected chi connectivity index (χ3v) is 3.20. The first-order valence-electron chi connectivity index (χ1n) is 8.23. The minimum atomic E-state index is 0.166. The maximum atomic E-state index is 11.5. The molecule has 0 unspecified atom stereocenters. The third-order valence-electron chi connectivity index (χ3n) is 3.20. The zero-order valence-corrected chi connectivity index (χ0v) is 13.8. The van der Waals surface area contributed by atoms with Crippen molar-refractivity contribution in [2.24, 2.45) is 5.92 Å². The van der Waals surface area contributed by atoms with Gasteiger partial charge in [0, 0.05) is 25.3 Å². The Morgan fingerprint density at radius 2 is 1.30 bits per heavy atom. The van der Waals surface area contributed by atoms with Gasteiger partial charge in [0.1, 0.15) is 5.78 Å². The Labute approximate surface area is 124 Å². The van der Waals surface area contributed by atoms with Crippen molar-refractivity contribution in [2.75, 3.05) is 0 Å². The van der Waals surface area contributed by atoms with Gasteiger partial charge < -0.3 is 5.32 Å². The van der Waals surface area contributed by atoms with E-state index >= 15 is 0 Å². The molecule has 0 aromatic rings. The first kappa shape index (κ1) is 19.1. The number of Topliss-reactive ketones (excluding diaryl/α,β-unsaturated/α-hetero) is 1. The number of nitrogens with one attached hydrogen (secondary N) is 1. The quantitative estimate of drug-likeness (QED) is 0.544. The third kappa shape index (κ3) is 13.6. The molecule has 20 heavy (non-hydrogen) atoms. The first-order valence-corrected chi connectivity index (χ1v) is 8.23. The molecule has 0 saturated carbocycles. The summed E-state index contributed by atoms with van der Waals surface area (Å²) >= 11 is 0. The molecule has 3 nitrogen and oxygen atoms in total. The van der Waals surface area contributed by atoms with Crippen molar-refractivity contribution in [3.05, 3.63) is 0 Å². The molecule has 0 fully saturated rings. The Hall–Kier alpha value is -0.860. The average molecular weight is 283 g/mol. The lowest BCUT2D eigenvalue weighted by Crippen LogP contribution is -2.29. The van der Waals surface area contributed by atoms with E-state index in [1.165, 1.54) is 12.8 Å². The number of hydrogen-bond donors (Lipinski definition) is 1. The molecule has 0 radical (unpaired) electrons. The van der Waals surface area contributed by atoms with Crippen molar-refractivity contribution in [3.8, 4) is 0 Å². The summed E-state index contributed by atoms with van der Waals surface area (Å²) in [4.78, 5) is 22.9. The van der Waals surface area contributed by atoms with Gasteiger partial charge in [-0.15, -0.1) is 0 Å². The van der Waals surface area contributed by atoms with Crippen LogP contribution in [0.4, 0.5) is 0 Å². The zero-order chi connectivity index (χ0) is 15.4. The second-order valence-electron chi connectivity index (χ2n) is 6.48. The number of amides is 1. The Kier molecular flexibility index (Phi) is 11.4. The van der Waals surface area contributed by atoms with Gasteiger partial charge in [0.2, 0.25) is 5.91 Å². The number of unbranched alkanes of at least 4 members (excludes halogenated alkanes) is 5. The number of hydrogen-bond acceptors (Lipinski definition) is 2. The lowest BCUT2D eigenvalue weighted by Gasteiger charge is -2.07. The Balaban J connectivity index is 3.29. The minimum absolute atomic E-state index is 0.166. The summed E-state index contributed by atoms with van der Waals surface area (Å²) in [5.74, 6) is 1.06. The fourth-order valence-electron chi connectivity index (χ4n) is 2.27. The van der Waals surface area contributed by atoms with Gasteiger partial charge >= 0.3 is 0 Å². The number of rotatable bonds is 12. The van der Waals surface area contributed by atoms with Gasteiger partial charge in [-0.25, -0.2) is 0 Å². The van der Waals surface area contributed by atoms with E-state index in [9.17, 15) is 9.59 Å². The highest BCUT2D eigenvalue weighted by molar-refractivity contribution is 5.78. The maximum absolute atomic E-state index is 11.5. The van der Waals surface area contributed by atoms with E-state index in [4.69, 9.17) is 0 Å². The van der Waals surface area contributed by atoms with E-state index in [1.54, 1.807) is 0 Å². The van der Waals surface area contributed by atoms with E-state index in [2.05, 4.69) is 19.2 Å². The van der Waals surface area contributed by atoms with Crippen LogP contribution in [0.2, 0.25) is 0 Å². The molecule has 0 aromatic heterocycles. The SMILES string of the molecule is CC(C)CC(=O)CCCCCCCCC(=O)NC(C)C. The second-order valence-corrected chi connectivity index (χ2v) is 6.48. The van der Waals surface area contributed by atoms with Crippen molar-refractivity contribution < 1.29 is 9.59 Å². The molecule has 0 atom stereocenters. The fourth-order valence-corrected chi connectivity index (χ4v) is 2.27. The van der Waals surface area contributed by atoms with E-state index < -0.39 is 0 Å². The van der Waals surface area contributed by atoms with Crippen LogP contribution < -0.4 is 5.32 Å². The van der Waals surface area contributed by atoms with Crippen molar-refractivity contribution in [1.82, 2.24) is 5.32 Å². The normalized spacial score (nSPS) is 11.1. The van der Waals surface area contributed by atoms with E-state index in [-0.39, 0.29) is 11.9 Å². The van der Waals surface area contributed by atoms with Crippen LogP contribution in [0.3, 0.4) is 0 Å². The lowest BCUT2D eigenvalue weighted by atomic mass is 10.0. The summed E-state index contributed by atoms with van der Waals surface area (Å²) < 4.78 is 0. The molecule has 0 bridgehead atoms. The number of carbonyl (C=O) groups excluding carboxylic acids is 2. The minimum Gasteiger partial charge on any atom is -0.354 e. The van der Waals surface area contributed by atoms with Gasteiger partial charge in [-0.3, -0.25) is 9.59 Å². The van der Waals surface area contributed by atoms with Gasteiger partial charge in [0.15, 0.2) is 0 Å². The van der Waals surface area contributed by atoms with Crippen molar-refractivity contribution in [2.45, 2.75) is 91.5 Å². The van der Waals surface area contributed by atoms with Crippen molar-refractivity contribution >= 4 is 11.7 Å². The topological polar surface area (TPSA) is 46.2 Å². The Morgan fingerprint density at radius 1 is 0.800 bits per heavy atom. The van der Waals surface area contributed by atoms with Gasteiger partial charge in [-0.05, 0) is 32.6 Å². The van der Waals surface area contributed by atoms with Crippen LogP contribution in [0.1, 0.15) is 85.5 Å². The molecular formula is C17H33NO2. The monoisotopic (exact) mass is 283 g/mol. The molecular weight excluding hydrogens is 250 g/mol. The molecule has 0 heterocycles. The van der Waals surface area contributed by atoms with Crippen LogP contribution in [0.25, 0.3) is 0 Å². The van der Waals surface area contributed by atoms with Crippen LogP contribution in [-0.2, 0) is 9.59 Å². The predicted octanol–water partition coefficient (Wildman–Crippen LogP) is 4.25. The molecule has 3 heteroatoms. The maximum Gasteiger partial charge on any atom is 0.220 e. The van der Waals surface area contributed by atoms with E-state index in [1.807, 2.05) is 13.8 Å². The van der Waals surface area contributed by atoms with E-state index in [0.29, 0.717) is 18.1 Å². The zero-order valence-electron chi connectivity index (χ0n) is 13.8. The molecule has 0 spiro atoms. The smallest absolute Gasteiger partial charge is 0.220 e. The predicted molar refractivity (Wildman–Crippen MR) is 84.7 cm³/mol. The van der Waals surface area contributed by atoms with Gasteiger partial charge in [-0.1, -0.05) is 39.5 Å². The molecule has 118 valence electrons. The molecule has 0 saturated heterocycles. The van der Waals surface area contributed by atoms with Crippen LogP contribution in [0.15, 0.2) is 0 Å². The van der Waals surface area contributed by atoms with E-state index in [0.717, 1.165) is 38.5 Å². The Bertz CT molecular complexity index is 244. The second kappa shape index (κ2) is 11.9. The molecule has 0 aliphatic heterocycles. The molecule has 0 aliphatic carbocycles. The molecule has 1 amide bonds. The summed E-state index contributed by atoms with van der Waals surface area (Å²) in [7, 11) is 0.